The maximum atomic E-state index is 4.09. The van der Waals surface area contributed by atoms with E-state index in [0.717, 1.165) is 34.4 Å². The minimum absolute atomic E-state index is 0.479. The predicted octanol–water partition coefficient (Wildman–Crippen LogP) is 15.0. The first-order chi connectivity index (χ1) is 26.9. The Labute approximate surface area is 329 Å². The summed E-state index contributed by atoms with van der Waals surface area (Å²) in [6.07, 6.45) is 18.1. The zero-order chi connectivity index (χ0) is 38.6. The summed E-state index contributed by atoms with van der Waals surface area (Å²) in [5, 5.41) is 0. The molecule has 1 unspecified atom stereocenters. The van der Waals surface area contributed by atoms with Crippen molar-refractivity contribution in [1.29, 1.82) is 0 Å². The first kappa shape index (κ1) is 38.4. The largest absolute Gasteiger partial charge is 0.210 e. The molecule has 1 atom stereocenters. The van der Waals surface area contributed by atoms with E-state index in [4.69, 9.17) is 0 Å². The summed E-state index contributed by atoms with van der Waals surface area (Å²) in [5.74, 6) is 0.479. The summed E-state index contributed by atoms with van der Waals surface area (Å²) in [6, 6.07) is 52.5. The standard InChI is InChI=1S/C54H52N/c1-7-18-43(47-29-28-42(6)54(39-47)53-25-17-16-24-52(53)41(5)9-3)32-34-55(51-30-26-40(4)27-31-51)35-33-44(19-8-2)48-36-49(45-20-12-10-13-21-45)38-50(37-48)46-22-14-11-15-23-46/h7-8,10-39,41H,1,9H2,2-6H3/q+1/b19-8-,34-32-,43-18+,44-33+,55-35+. The van der Waals surface area contributed by atoms with Crippen molar-refractivity contribution in [2.45, 2.75) is 47.0 Å². The smallest absolute Gasteiger partial charge is 0.167 e. The molecule has 0 N–H and O–H groups in total. The van der Waals surface area contributed by atoms with Crippen LogP contribution in [0, 0.1) is 13.8 Å². The lowest BCUT2D eigenvalue weighted by atomic mass is 9.87. The topological polar surface area (TPSA) is 3.01 Å². The molecule has 6 aromatic rings. The van der Waals surface area contributed by atoms with Gasteiger partial charge >= 0.3 is 0 Å². The van der Waals surface area contributed by atoms with Crippen molar-refractivity contribution in [1.82, 2.24) is 0 Å². The molecule has 55 heavy (non-hydrogen) atoms. The fraction of sp³-hybridized carbons (Fsp3) is 0.130. The number of aryl methyl sites for hydroxylation is 2. The Balaban J connectivity index is 1.45. The van der Waals surface area contributed by atoms with Crippen LogP contribution in [0.4, 0.5) is 5.69 Å². The Hall–Kier alpha value is -6.31. The predicted molar refractivity (Wildman–Crippen MR) is 240 cm³/mol. The highest BCUT2D eigenvalue weighted by Crippen LogP contribution is 2.35. The van der Waals surface area contributed by atoms with Gasteiger partial charge in [-0.3, -0.25) is 0 Å². The lowest BCUT2D eigenvalue weighted by Gasteiger charge is -2.17. The van der Waals surface area contributed by atoms with Gasteiger partial charge in [0.15, 0.2) is 12.4 Å². The van der Waals surface area contributed by atoms with Crippen LogP contribution in [0.2, 0.25) is 0 Å². The molecule has 0 aliphatic rings. The maximum absolute atomic E-state index is 4.09. The monoisotopic (exact) mass is 714 g/mol. The van der Waals surface area contributed by atoms with E-state index >= 15 is 0 Å². The van der Waals surface area contributed by atoms with Crippen LogP contribution in [0.15, 0.2) is 195 Å². The SMILES string of the molecule is C=C\C=C(/C=C\[N+](=C/C=C(\C=C/C)c1cc(-c2ccccc2)cc(-c2ccccc2)c1)c1ccc(C)cc1)c1ccc(C)c(-c2ccccc2C(C)CC)c1. The van der Waals surface area contributed by atoms with Crippen molar-refractivity contribution >= 4 is 23.0 Å². The summed E-state index contributed by atoms with van der Waals surface area (Å²) >= 11 is 0. The third-order valence-corrected chi connectivity index (χ3v) is 10.3. The Morgan fingerprint density at radius 2 is 1.24 bits per heavy atom. The quantitative estimate of drug-likeness (QED) is 0.0636. The second kappa shape index (κ2) is 18.6. The van der Waals surface area contributed by atoms with Gasteiger partial charge in [0.05, 0.1) is 0 Å². The van der Waals surface area contributed by atoms with E-state index in [1.54, 1.807) is 0 Å². The van der Waals surface area contributed by atoms with Crippen LogP contribution in [0.5, 0.6) is 0 Å². The van der Waals surface area contributed by atoms with Crippen molar-refractivity contribution in [3.05, 3.63) is 223 Å². The zero-order valence-electron chi connectivity index (χ0n) is 32.9. The van der Waals surface area contributed by atoms with E-state index < -0.39 is 0 Å². The molecule has 0 amide bonds. The molecule has 0 saturated carbocycles. The summed E-state index contributed by atoms with van der Waals surface area (Å²) in [7, 11) is 0. The lowest BCUT2D eigenvalue weighted by molar-refractivity contribution is -0.353. The minimum atomic E-state index is 0.479. The highest BCUT2D eigenvalue weighted by atomic mass is 15.0. The van der Waals surface area contributed by atoms with Gasteiger partial charge < -0.3 is 0 Å². The normalized spacial score (nSPS) is 13.1. The van der Waals surface area contributed by atoms with E-state index in [1.165, 1.54) is 50.1 Å². The number of benzene rings is 6. The van der Waals surface area contributed by atoms with E-state index in [1.807, 2.05) is 6.08 Å². The molecule has 0 fully saturated rings. The second-order valence-corrected chi connectivity index (χ2v) is 14.1. The molecule has 0 radical (unpaired) electrons. The first-order valence-electron chi connectivity index (χ1n) is 19.4. The van der Waals surface area contributed by atoms with E-state index in [9.17, 15) is 0 Å². The molecule has 6 rings (SSSR count). The number of hydrogen-bond donors (Lipinski definition) is 0. The number of hydrogen-bond acceptors (Lipinski definition) is 0. The molecule has 6 aromatic carbocycles. The van der Waals surface area contributed by atoms with Crippen molar-refractivity contribution in [3.63, 3.8) is 0 Å². The molecule has 0 bridgehead atoms. The molecular formula is C54H52N+. The fourth-order valence-electron chi connectivity index (χ4n) is 6.93. The van der Waals surface area contributed by atoms with Gasteiger partial charge in [-0.1, -0.05) is 159 Å². The third-order valence-electron chi connectivity index (χ3n) is 10.3. The Kier molecular flexibility index (Phi) is 13.0. The van der Waals surface area contributed by atoms with Crippen LogP contribution in [0.25, 0.3) is 44.5 Å². The molecule has 0 aliphatic heterocycles. The summed E-state index contributed by atoms with van der Waals surface area (Å²) in [5.41, 5.74) is 16.8. The van der Waals surface area contributed by atoms with Crippen molar-refractivity contribution < 1.29 is 4.58 Å². The summed E-state index contributed by atoms with van der Waals surface area (Å²) in [6.45, 7) is 15.1. The van der Waals surface area contributed by atoms with Gasteiger partial charge in [0.1, 0.15) is 0 Å². The molecular weight excluding hydrogens is 663 g/mol. The lowest BCUT2D eigenvalue weighted by Crippen LogP contribution is -1.99. The van der Waals surface area contributed by atoms with Crippen LogP contribution in [0.3, 0.4) is 0 Å². The van der Waals surface area contributed by atoms with Crippen LogP contribution >= 0.6 is 0 Å². The van der Waals surface area contributed by atoms with Crippen molar-refractivity contribution in [2.24, 2.45) is 0 Å². The zero-order valence-corrected chi connectivity index (χ0v) is 32.9. The summed E-state index contributed by atoms with van der Waals surface area (Å²) < 4.78 is 2.20. The third kappa shape index (κ3) is 9.63. The van der Waals surface area contributed by atoms with Crippen LogP contribution in [0.1, 0.15) is 60.9 Å². The van der Waals surface area contributed by atoms with Gasteiger partial charge in [-0.2, -0.15) is 4.58 Å². The van der Waals surface area contributed by atoms with E-state index in [0.29, 0.717) is 5.92 Å². The van der Waals surface area contributed by atoms with Crippen LogP contribution in [-0.2, 0) is 0 Å². The second-order valence-electron chi connectivity index (χ2n) is 14.1. The van der Waals surface area contributed by atoms with Gasteiger partial charge in [0, 0.05) is 24.3 Å². The van der Waals surface area contributed by atoms with Gasteiger partial charge in [0.2, 0.25) is 5.69 Å². The summed E-state index contributed by atoms with van der Waals surface area (Å²) in [4.78, 5) is 0. The highest BCUT2D eigenvalue weighted by molar-refractivity contribution is 5.90. The number of allylic oxidation sites excluding steroid dienone is 8. The van der Waals surface area contributed by atoms with E-state index in [2.05, 4.69) is 234 Å². The van der Waals surface area contributed by atoms with E-state index in [-0.39, 0.29) is 0 Å². The molecule has 0 saturated heterocycles. The molecule has 0 aromatic heterocycles. The van der Waals surface area contributed by atoms with Crippen molar-refractivity contribution in [3.8, 4) is 33.4 Å². The van der Waals surface area contributed by atoms with Gasteiger partial charge in [-0.15, -0.1) is 0 Å². The minimum Gasteiger partial charge on any atom is -0.167 e. The van der Waals surface area contributed by atoms with Crippen LogP contribution in [-0.4, -0.2) is 10.8 Å². The number of rotatable bonds is 13. The maximum Gasteiger partial charge on any atom is 0.210 e. The molecule has 0 aliphatic carbocycles. The fourth-order valence-corrected chi connectivity index (χ4v) is 6.93. The van der Waals surface area contributed by atoms with Crippen LogP contribution < -0.4 is 0 Å². The van der Waals surface area contributed by atoms with Gasteiger partial charge in [0.25, 0.3) is 0 Å². The molecule has 0 heterocycles. The molecule has 1 nitrogen and oxygen atoms in total. The van der Waals surface area contributed by atoms with Gasteiger partial charge in [-0.05, 0) is 124 Å². The Morgan fingerprint density at radius 1 is 0.618 bits per heavy atom. The average molecular weight is 715 g/mol. The Bertz CT molecular complexity index is 2320. The number of nitrogens with zero attached hydrogens (tertiary/aromatic N) is 1. The molecule has 0 spiro atoms. The van der Waals surface area contributed by atoms with Crippen molar-refractivity contribution in [2.75, 3.05) is 0 Å². The highest BCUT2D eigenvalue weighted by Gasteiger charge is 2.14. The molecule has 1 heteroatoms. The average Bonchev–Trinajstić information content (AvgIpc) is 3.23. The first-order valence-corrected chi connectivity index (χ1v) is 19.4. The Morgan fingerprint density at radius 3 is 1.85 bits per heavy atom. The van der Waals surface area contributed by atoms with Gasteiger partial charge in [-0.25, -0.2) is 0 Å². The molecule has 272 valence electrons.